The summed E-state index contributed by atoms with van der Waals surface area (Å²) in [6.45, 7) is 3.75. The molecule has 0 aliphatic rings. The van der Waals surface area contributed by atoms with Crippen LogP contribution in [-0.4, -0.2) is 24.0 Å². The topological polar surface area (TPSA) is 54.0 Å². The van der Waals surface area contributed by atoms with Gasteiger partial charge in [0.1, 0.15) is 0 Å². The van der Waals surface area contributed by atoms with Gasteiger partial charge in [-0.2, -0.15) is 0 Å². The first-order valence-corrected chi connectivity index (χ1v) is 4.85. The maximum atomic E-state index is 11.3. The van der Waals surface area contributed by atoms with Crippen molar-refractivity contribution < 1.29 is 4.79 Å². The van der Waals surface area contributed by atoms with Crippen molar-refractivity contribution in [2.45, 2.75) is 19.9 Å². The number of likely N-dealkylation sites (N-methyl/N-ethyl adjacent to an activating group) is 1. The minimum absolute atomic E-state index is 0.0585. The molecule has 1 atom stereocenters. The standard InChI is InChI=1S/C8H13N3OS/c1-5-4-10-8(13-5)11-7(12)6(2)9-3/h4,6,9H,1-3H3,(H,10,11,12). The van der Waals surface area contributed by atoms with Gasteiger partial charge in [-0.3, -0.25) is 4.79 Å². The van der Waals surface area contributed by atoms with Crippen LogP contribution in [-0.2, 0) is 4.79 Å². The molecule has 4 nitrogen and oxygen atoms in total. The molecule has 0 saturated carbocycles. The molecule has 72 valence electrons. The average Bonchev–Trinajstić information content (AvgIpc) is 2.49. The summed E-state index contributed by atoms with van der Waals surface area (Å²) < 4.78 is 0. The zero-order valence-corrected chi connectivity index (χ0v) is 8.73. The molecule has 0 aromatic carbocycles. The molecule has 1 aromatic rings. The van der Waals surface area contributed by atoms with Crippen molar-refractivity contribution in [3.05, 3.63) is 11.1 Å². The van der Waals surface area contributed by atoms with Crippen LogP contribution in [0.4, 0.5) is 5.13 Å². The number of hydrogen-bond donors (Lipinski definition) is 2. The monoisotopic (exact) mass is 199 g/mol. The van der Waals surface area contributed by atoms with Crippen molar-refractivity contribution in [1.82, 2.24) is 10.3 Å². The number of thiazole rings is 1. The van der Waals surface area contributed by atoms with E-state index in [4.69, 9.17) is 0 Å². The molecule has 1 rings (SSSR count). The summed E-state index contributed by atoms with van der Waals surface area (Å²) >= 11 is 1.47. The maximum absolute atomic E-state index is 11.3. The van der Waals surface area contributed by atoms with E-state index in [-0.39, 0.29) is 11.9 Å². The van der Waals surface area contributed by atoms with Gasteiger partial charge in [0.15, 0.2) is 5.13 Å². The molecule has 1 amide bonds. The van der Waals surface area contributed by atoms with Gasteiger partial charge >= 0.3 is 0 Å². The van der Waals surface area contributed by atoms with Crippen LogP contribution in [0, 0.1) is 6.92 Å². The number of aryl methyl sites for hydroxylation is 1. The van der Waals surface area contributed by atoms with Crippen LogP contribution in [0.15, 0.2) is 6.20 Å². The van der Waals surface area contributed by atoms with E-state index in [1.54, 1.807) is 20.2 Å². The largest absolute Gasteiger partial charge is 0.309 e. The van der Waals surface area contributed by atoms with Gasteiger partial charge in [-0.1, -0.05) is 0 Å². The van der Waals surface area contributed by atoms with Gasteiger partial charge in [-0.05, 0) is 20.9 Å². The number of aromatic nitrogens is 1. The summed E-state index contributed by atoms with van der Waals surface area (Å²) in [5.74, 6) is -0.0585. The van der Waals surface area contributed by atoms with E-state index >= 15 is 0 Å². The second kappa shape index (κ2) is 4.34. The number of carbonyl (C=O) groups excluding carboxylic acids is 1. The molecule has 0 radical (unpaired) electrons. The number of carbonyl (C=O) groups is 1. The fourth-order valence-electron chi connectivity index (χ4n) is 0.757. The summed E-state index contributed by atoms with van der Waals surface area (Å²) in [5.41, 5.74) is 0. The smallest absolute Gasteiger partial charge is 0.242 e. The summed E-state index contributed by atoms with van der Waals surface area (Å²) in [4.78, 5) is 16.5. The Morgan fingerprint density at radius 1 is 1.69 bits per heavy atom. The Kier molecular flexibility index (Phi) is 3.39. The Bertz CT molecular complexity index is 297. The van der Waals surface area contributed by atoms with Gasteiger partial charge in [0, 0.05) is 11.1 Å². The normalized spacial score (nSPS) is 12.5. The Morgan fingerprint density at radius 3 is 2.85 bits per heavy atom. The van der Waals surface area contributed by atoms with Crippen LogP contribution in [0.1, 0.15) is 11.8 Å². The van der Waals surface area contributed by atoms with Crippen molar-refractivity contribution in [2.24, 2.45) is 0 Å². The quantitative estimate of drug-likeness (QED) is 0.763. The third kappa shape index (κ3) is 2.78. The molecule has 13 heavy (non-hydrogen) atoms. The molecule has 2 N–H and O–H groups in total. The Morgan fingerprint density at radius 2 is 2.38 bits per heavy atom. The van der Waals surface area contributed by atoms with E-state index in [1.807, 2.05) is 6.92 Å². The zero-order chi connectivity index (χ0) is 9.84. The van der Waals surface area contributed by atoms with Crippen molar-refractivity contribution in [1.29, 1.82) is 0 Å². The lowest BCUT2D eigenvalue weighted by Gasteiger charge is -2.08. The van der Waals surface area contributed by atoms with Gasteiger partial charge < -0.3 is 10.6 Å². The van der Waals surface area contributed by atoms with Crippen molar-refractivity contribution in [3.8, 4) is 0 Å². The lowest BCUT2D eigenvalue weighted by molar-refractivity contribution is -0.117. The lowest BCUT2D eigenvalue weighted by atomic mass is 10.3. The van der Waals surface area contributed by atoms with Gasteiger partial charge in [0.05, 0.1) is 6.04 Å². The number of rotatable bonds is 3. The summed E-state index contributed by atoms with van der Waals surface area (Å²) in [6, 6.07) is -0.191. The van der Waals surface area contributed by atoms with Crippen LogP contribution in [0.25, 0.3) is 0 Å². The van der Waals surface area contributed by atoms with Crippen LogP contribution < -0.4 is 10.6 Å². The Labute approximate surface area is 81.4 Å². The molecule has 0 spiro atoms. The number of amides is 1. The number of nitrogens with one attached hydrogen (secondary N) is 2. The fourth-order valence-corrected chi connectivity index (χ4v) is 1.42. The highest BCUT2D eigenvalue weighted by atomic mass is 32.1. The van der Waals surface area contributed by atoms with Gasteiger partial charge in [0.2, 0.25) is 5.91 Å². The average molecular weight is 199 g/mol. The van der Waals surface area contributed by atoms with Crippen LogP contribution in [0.5, 0.6) is 0 Å². The number of hydrogen-bond acceptors (Lipinski definition) is 4. The molecule has 5 heteroatoms. The number of nitrogens with zero attached hydrogens (tertiary/aromatic N) is 1. The molecule has 1 heterocycles. The lowest BCUT2D eigenvalue weighted by Crippen LogP contribution is -2.35. The molecular formula is C8H13N3OS. The van der Waals surface area contributed by atoms with E-state index < -0.39 is 0 Å². The molecular weight excluding hydrogens is 186 g/mol. The van der Waals surface area contributed by atoms with Crippen LogP contribution >= 0.6 is 11.3 Å². The first-order valence-electron chi connectivity index (χ1n) is 4.04. The highest BCUT2D eigenvalue weighted by Crippen LogP contribution is 2.16. The molecule has 1 aromatic heterocycles. The third-order valence-electron chi connectivity index (χ3n) is 1.68. The fraction of sp³-hybridized carbons (Fsp3) is 0.500. The van der Waals surface area contributed by atoms with Crippen molar-refractivity contribution >= 4 is 22.4 Å². The summed E-state index contributed by atoms with van der Waals surface area (Å²) in [5, 5.41) is 6.23. The summed E-state index contributed by atoms with van der Waals surface area (Å²) in [7, 11) is 1.75. The predicted octanol–water partition coefficient (Wildman–Crippen LogP) is 0.998. The van der Waals surface area contributed by atoms with E-state index in [0.717, 1.165) is 4.88 Å². The molecule has 0 bridgehead atoms. The predicted molar refractivity (Wildman–Crippen MR) is 54.0 cm³/mol. The summed E-state index contributed by atoms with van der Waals surface area (Å²) in [6.07, 6.45) is 1.74. The highest BCUT2D eigenvalue weighted by molar-refractivity contribution is 7.15. The first-order chi connectivity index (χ1) is 6.13. The second-order valence-electron chi connectivity index (χ2n) is 2.78. The molecule has 1 unspecified atom stereocenters. The highest BCUT2D eigenvalue weighted by Gasteiger charge is 2.11. The molecule has 0 saturated heterocycles. The molecule has 0 aliphatic heterocycles. The van der Waals surface area contributed by atoms with Crippen molar-refractivity contribution in [2.75, 3.05) is 12.4 Å². The number of anilines is 1. The van der Waals surface area contributed by atoms with Crippen molar-refractivity contribution in [3.63, 3.8) is 0 Å². The Hall–Kier alpha value is -0.940. The van der Waals surface area contributed by atoms with E-state index in [9.17, 15) is 4.79 Å². The van der Waals surface area contributed by atoms with E-state index in [1.165, 1.54) is 11.3 Å². The van der Waals surface area contributed by atoms with E-state index in [0.29, 0.717) is 5.13 Å². The molecule has 0 aliphatic carbocycles. The third-order valence-corrected chi connectivity index (χ3v) is 2.51. The second-order valence-corrected chi connectivity index (χ2v) is 4.01. The van der Waals surface area contributed by atoms with Crippen LogP contribution in [0.3, 0.4) is 0 Å². The zero-order valence-electron chi connectivity index (χ0n) is 7.92. The molecule has 0 fully saturated rings. The maximum Gasteiger partial charge on any atom is 0.242 e. The van der Waals surface area contributed by atoms with Crippen LogP contribution in [0.2, 0.25) is 0 Å². The Balaban J connectivity index is 2.54. The SMILES string of the molecule is CNC(C)C(=O)Nc1ncc(C)s1. The van der Waals surface area contributed by atoms with Gasteiger partial charge in [-0.15, -0.1) is 11.3 Å². The van der Waals surface area contributed by atoms with Gasteiger partial charge in [0.25, 0.3) is 0 Å². The van der Waals surface area contributed by atoms with E-state index in [2.05, 4.69) is 15.6 Å². The minimum Gasteiger partial charge on any atom is -0.309 e. The first kappa shape index (κ1) is 10.1. The minimum atomic E-state index is -0.191. The van der Waals surface area contributed by atoms with Gasteiger partial charge in [-0.25, -0.2) is 4.98 Å².